The van der Waals surface area contributed by atoms with Crippen LogP contribution in [0.4, 0.5) is 39.4 Å². The number of nitrogens with one attached hydrogen (secondary N) is 3. The Bertz CT molecular complexity index is 984. The summed E-state index contributed by atoms with van der Waals surface area (Å²) < 4.78 is 64.2. The van der Waals surface area contributed by atoms with E-state index in [4.69, 9.17) is 5.41 Å². The van der Waals surface area contributed by atoms with Gasteiger partial charge >= 0.3 is 6.18 Å². The number of hydrogen-bond acceptors (Lipinski definition) is 7. The number of pyridine rings is 1. The highest BCUT2D eigenvalue weighted by atomic mass is 19.4. The van der Waals surface area contributed by atoms with Gasteiger partial charge in [0.05, 0.1) is 18.3 Å². The van der Waals surface area contributed by atoms with Crippen molar-refractivity contribution in [3.8, 4) is 0 Å². The molecule has 0 bridgehead atoms. The average molecular weight is 469 g/mol. The summed E-state index contributed by atoms with van der Waals surface area (Å²) in [5.41, 5.74) is -0.532. The van der Waals surface area contributed by atoms with Crippen LogP contribution in [0.5, 0.6) is 0 Å². The fourth-order valence-corrected chi connectivity index (χ4v) is 4.60. The Labute approximate surface area is 187 Å². The van der Waals surface area contributed by atoms with E-state index in [-0.39, 0.29) is 23.5 Å². The van der Waals surface area contributed by atoms with Crippen LogP contribution in [-0.4, -0.2) is 53.3 Å². The number of halogens is 5. The maximum absolute atomic E-state index is 13.1. The van der Waals surface area contributed by atoms with Crippen LogP contribution in [-0.2, 0) is 6.18 Å². The molecule has 4 rings (SSSR count). The van der Waals surface area contributed by atoms with Gasteiger partial charge in [-0.25, -0.2) is 23.7 Å². The standard InChI is InChI=1S/C21H24F5N7/c22-17(23)8-30-20-16(7-27)29-9-18(32-20)31-15-2-1-12-10-33(11-13(12)5-15)19-6-14(3-4-28-19)21(24,25)26/h3-4,6-7,9,12-13,15,17,27H,1-2,5,8,10-11H2,(H2,30,31,32)/t12-,13+,15+/m1/s1. The Kier molecular flexibility index (Phi) is 6.61. The van der Waals surface area contributed by atoms with E-state index >= 15 is 0 Å². The Morgan fingerprint density at radius 1 is 1.18 bits per heavy atom. The van der Waals surface area contributed by atoms with E-state index in [2.05, 4.69) is 25.6 Å². The lowest BCUT2D eigenvalue weighted by Crippen LogP contribution is -2.32. The molecule has 2 aromatic heterocycles. The van der Waals surface area contributed by atoms with Gasteiger partial charge in [-0.1, -0.05) is 0 Å². The topological polar surface area (TPSA) is 89.8 Å². The molecule has 3 atom stereocenters. The van der Waals surface area contributed by atoms with Crippen molar-refractivity contribution in [2.75, 3.05) is 35.2 Å². The summed E-state index contributed by atoms with van der Waals surface area (Å²) >= 11 is 0. The minimum Gasteiger partial charge on any atom is -0.366 e. The Hall–Kier alpha value is -3.05. The molecule has 0 unspecified atom stereocenters. The molecule has 178 valence electrons. The molecule has 7 nitrogen and oxygen atoms in total. The lowest BCUT2D eigenvalue weighted by atomic mass is 9.79. The predicted molar refractivity (Wildman–Crippen MR) is 114 cm³/mol. The van der Waals surface area contributed by atoms with Crippen molar-refractivity contribution in [3.05, 3.63) is 35.8 Å². The van der Waals surface area contributed by atoms with Gasteiger partial charge < -0.3 is 20.9 Å². The van der Waals surface area contributed by atoms with E-state index in [0.717, 1.165) is 37.6 Å². The number of rotatable bonds is 7. The van der Waals surface area contributed by atoms with Crippen molar-refractivity contribution in [1.29, 1.82) is 5.41 Å². The number of anilines is 3. The van der Waals surface area contributed by atoms with Gasteiger partial charge in [0.25, 0.3) is 6.43 Å². The van der Waals surface area contributed by atoms with E-state index in [1.807, 2.05) is 4.90 Å². The fraction of sp³-hybridized carbons (Fsp3) is 0.524. The molecule has 0 spiro atoms. The van der Waals surface area contributed by atoms with Crippen molar-refractivity contribution >= 4 is 23.7 Å². The summed E-state index contributed by atoms with van der Waals surface area (Å²) in [7, 11) is 0. The SMILES string of the molecule is N=Cc1ncc(N[C@H]2CC[C@@H]3CN(c4cc(C(F)(F)F)ccn4)C[C@@H]3C2)nc1NCC(F)F. The van der Waals surface area contributed by atoms with Crippen molar-refractivity contribution in [2.45, 2.75) is 37.9 Å². The number of alkyl halides is 5. The quantitative estimate of drug-likeness (QED) is 0.414. The molecule has 0 aromatic carbocycles. The molecule has 12 heteroatoms. The molecule has 2 aromatic rings. The molecule has 1 aliphatic heterocycles. The van der Waals surface area contributed by atoms with E-state index in [1.54, 1.807) is 0 Å². The van der Waals surface area contributed by atoms with Crippen molar-refractivity contribution < 1.29 is 22.0 Å². The molecule has 0 radical (unpaired) electrons. The highest BCUT2D eigenvalue weighted by molar-refractivity contribution is 5.81. The zero-order valence-electron chi connectivity index (χ0n) is 17.6. The molecule has 2 aliphatic rings. The first kappa shape index (κ1) is 23.1. The van der Waals surface area contributed by atoms with Crippen LogP contribution in [0.15, 0.2) is 24.5 Å². The lowest BCUT2D eigenvalue weighted by molar-refractivity contribution is -0.137. The van der Waals surface area contributed by atoms with Crippen molar-refractivity contribution in [3.63, 3.8) is 0 Å². The van der Waals surface area contributed by atoms with Crippen LogP contribution in [0.3, 0.4) is 0 Å². The second-order valence-corrected chi connectivity index (χ2v) is 8.39. The monoisotopic (exact) mass is 469 g/mol. The largest absolute Gasteiger partial charge is 0.416 e. The fourth-order valence-electron chi connectivity index (χ4n) is 4.60. The van der Waals surface area contributed by atoms with Gasteiger partial charge in [0.1, 0.15) is 17.3 Å². The van der Waals surface area contributed by atoms with E-state index in [0.29, 0.717) is 30.6 Å². The summed E-state index contributed by atoms with van der Waals surface area (Å²) in [5, 5.41) is 13.2. The molecule has 1 saturated heterocycles. The second-order valence-electron chi connectivity index (χ2n) is 8.39. The first-order valence-electron chi connectivity index (χ1n) is 10.7. The van der Waals surface area contributed by atoms with Gasteiger partial charge in [-0.05, 0) is 43.2 Å². The zero-order valence-corrected chi connectivity index (χ0v) is 17.6. The van der Waals surface area contributed by atoms with Gasteiger partial charge in [-0.3, -0.25) is 0 Å². The molecule has 3 heterocycles. The zero-order chi connectivity index (χ0) is 23.6. The van der Waals surface area contributed by atoms with Crippen LogP contribution in [0, 0.1) is 17.2 Å². The molecule has 1 aliphatic carbocycles. The van der Waals surface area contributed by atoms with Gasteiger partial charge in [0.15, 0.2) is 5.82 Å². The van der Waals surface area contributed by atoms with Gasteiger partial charge in [0.2, 0.25) is 0 Å². The second kappa shape index (κ2) is 9.44. The number of nitrogens with zero attached hydrogens (tertiary/aromatic N) is 4. The highest BCUT2D eigenvalue weighted by Gasteiger charge is 2.39. The molecule has 33 heavy (non-hydrogen) atoms. The third-order valence-electron chi connectivity index (χ3n) is 6.16. The lowest BCUT2D eigenvalue weighted by Gasteiger charge is -2.31. The molecular weight excluding hydrogens is 445 g/mol. The molecule has 3 N–H and O–H groups in total. The highest BCUT2D eigenvalue weighted by Crippen LogP contribution is 2.39. The van der Waals surface area contributed by atoms with Crippen LogP contribution >= 0.6 is 0 Å². The van der Waals surface area contributed by atoms with Crippen LogP contribution in [0.25, 0.3) is 0 Å². The Morgan fingerprint density at radius 3 is 2.70 bits per heavy atom. The number of fused-ring (bicyclic) bond motifs is 1. The Balaban J connectivity index is 1.40. The summed E-state index contributed by atoms with van der Waals surface area (Å²) in [6.07, 6.45) is -0.809. The maximum Gasteiger partial charge on any atom is 0.416 e. The minimum absolute atomic E-state index is 0.0729. The van der Waals surface area contributed by atoms with E-state index < -0.39 is 24.7 Å². The van der Waals surface area contributed by atoms with Gasteiger partial charge in [-0.15, -0.1) is 0 Å². The first-order valence-corrected chi connectivity index (χ1v) is 10.7. The third kappa shape index (κ3) is 5.48. The minimum atomic E-state index is -4.41. The molecule has 2 fully saturated rings. The summed E-state index contributed by atoms with van der Waals surface area (Å²) in [5.74, 6) is 1.54. The molecule has 0 amide bonds. The van der Waals surface area contributed by atoms with Gasteiger partial charge in [-0.2, -0.15) is 13.2 Å². The smallest absolute Gasteiger partial charge is 0.366 e. The van der Waals surface area contributed by atoms with Crippen molar-refractivity contribution in [1.82, 2.24) is 15.0 Å². The van der Waals surface area contributed by atoms with Gasteiger partial charge in [0, 0.05) is 31.5 Å². The van der Waals surface area contributed by atoms with Crippen LogP contribution in [0.1, 0.15) is 30.5 Å². The molecular formula is C21H24F5N7. The Morgan fingerprint density at radius 2 is 1.97 bits per heavy atom. The summed E-state index contributed by atoms with van der Waals surface area (Å²) in [6, 6.07) is 2.15. The summed E-state index contributed by atoms with van der Waals surface area (Å²) in [4.78, 5) is 14.5. The normalized spacial score (nSPS) is 22.8. The number of hydrogen-bond donors (Lipinski definition) is 3. The van der Waals surface area contributed by atoms with E-state index in [9.17, 15) is 22.0 Å². The maximum atomic E-state index is 13.1. The first-order chi connectivity index (χ1) is 15.7. The van der Waals surface area contributed by atoms with E-state index in [1.165, 1.54) is 12.4 Å². The van der Waals surface area contributed by atoms with Crippen molar-refractivity contribution in [2.24, 2.45) is 11.8 Å². The van der Waals surface area contributed by atoms with Crippen LogP contribution in [0.2, 0.25) is 0 Å². The summed E-state index contributed by atoms with van der Waals surface area (Å²) in [6.45, 7) is 0.698. The average Bonchev–Trinajstić information content (AvgIpc) is 3.21. The number of aromatic nitrogens is 3. The van der Waals surface area contributed by atoms with Crippen LogP contribution < -0.4 is 15.5 Å². The third-order valence-corrected chi connectivity index (χ3v) is 6.16. The predicted octanol–water partition coefficient (Wildman–Crippen LogP) is 4.28. The molecule has 1 saturated carbocycles.